The number of aryl methyl sites for hydroxylation is 1. The molecule has 1 aromatic heterocycles. The number of hydrogen-bond acceptors (Lipinski definition) is 3. The number of ether oxygens (including phenoxy) is 1. The molecule has 22 heavy (non-hydrogen) atoms. The highest BCUT2D eigenvalue weighted by molar-refractivity contribution is 6.33. The number of amides is 1. The second-order valence-electron chi connectivity index (χ2n) is 4.93. The standard InChI is InChI=1S/C15H11ClF2N2O2/c1-7-2-8(3-9-4-12(21)20-14(7)9)13-10(16)5-19-6-11(13)22-15(17)18/h2-3,5-6,15H,4H2,1H3,(H,20,21). The van der Waals surface area contributed by atoms with E-state index in [1.54, 1.807) is 12.1 Å². The third-order valence-corrected chi connectivity index (χ3v) is 3.69. The van der Waals surface area contributed by atoms with Crippen molar-refractivity contribution < 1.29 is 18.3 Å². The maximum Gasteiger partial charge on any atom is 0.387 e. The molecule has 0 radical (unpaired) electrons. The number of rotatable bonds is 3. The first-order valence-electron chi connectivity index (χ1n) is 6.47. The molecule has 3 rings (SSSR count). The zero-order valence-electron chi connectivity index (χ0n) is 11.5. The van der Waals surface area contributed by atoms with Gasteiger partial charge in [0.1, 0.15) is 0 Å². The Labute approximate surface area is 130 Å². The van der Waals surface area contributed by atoms with Gasteiger partial charge in [-0.05, 0) is 35.7 Å². The van der Waals surface area contributed by atoms with Crippen molar-refractivity contribution in [2.24, 2.45) is 0 Å². The number of alkyl halides is 2. The molecule has 7 heteroatoms. The largest absolute Gasteiger partial charge is 0.432 e. The van der Waals surface area contributed by atoms with Gasteiger partial charge in [0, 0.05) is 17.4 Å². The van der Waals surface area contributed by atoms with Crippen molar-refractivity contribution in [1.29, 1.82) is 0 Å². The van der Waals surface area contributed by atoms with Gasteiger partial charge < -0.3 is 10.1 Å². The Hall–Kier alpha value is -2.21. The second-order valence-corrected chi connectivity index (χ2v) is 5.33. The Bertz CT molecular complexity index is 765. The highest BCUT2D eigenvalue weighted by atomic mass is 35.5. The fourth-order valence-electron chi connectivity index (χ4n) is 2.56. The summed E-state index contributed by atoms with van der Waals surface area (Å²) in [7, 11) is 0. The van der Waals surface area contributed by atoms with Crippen molar-refractivity contribution in [2.45, 2.75) is 20.0 Å². The molecule has 2 heterocycles. The van der Waals surface area contributed by atoms with Crippen molar-refractivity contribution in [2.75, 3.05) is 5.32 Å². The van der Waals surface area contributed by atoms with Crippen molar-refractivity contribution in [1.82, 2.24) is 4.98 Å². The number of halogens is 3. The van der Waals surface area contributed by atoms with Gasteiger partial charge in [0.15, 0.2) is 5.75 Å². The van der Waals surface area contributed by atoms with Crippen LogP contribution in [0.1, 0.15) is 11.1 Å². The van der Waals surface area contributed by atoms with Crippen LogP contribution in [0.5, 0.6) is 5.75 Å². The summed E-state index contributed by atoms with van der Waals surface area (Å²) in [4.78, 5) is 15.3. The average molecular weight is 325 g/mol. The van der Waals surface area contributed by atoms with Crippen LogP contribution in [0.15, 0.2) is 24.5 Å². The number of nitrogens with one attached hydrogen (secondary N) is 1. The van der Waals surface area contributed by atoms with Crippen LogP contribution in [0.3, 0.4) is 0 Å². The molecule has 0 aliphatic carbocycles. The number of fused-ring (bicyclic) bond motifs is 1. The molecule has 0 saturated carbocycles. The van der Waals surface area contributed by atoms with E-state index in [4.69, 9.17) is 11.6 Å². The van der Waals surface area contributed by atoms with Gasteiger partial charge in [-0.25, -0.2) is 0 Å². The van der Waals surface area contributed by atoms with Gasteiger partial charge in [-0.2, -0.15) is 8.78 Å². The Morgan fingerprint density at radius 1 is 1.36 bits per heavy atom. The molecule has 1 aliphatic rings. The summed E-state index contributed by atoms with van der Waals surface area (Å²) >= 11 is 6.11. The van der Waals surface area contributed by atoms with Gasteiger partial charge in [0.25, 0.3) is 0 Å². The topological polar surface area (TPSA) is 51.2 Å². The minimum Gasteiger partial charge on any atom is -0.432 e. The van der Waals surface area contributed by atoms with Crippen LogP contribution in [-0.2, 0) is 11.2 Å². The highest BCUT2D eigenvalue weighted by Gasteiger charge is 2.22. The normalized spacial score (nSPS) is 13.2. The first-order valence-corrected chi connectivity index (χ1v) is 6.85. The molecule has 1 amide bonds. The lowest BCUT2D eigenvalue weighted by molar-refractivity contribution is -0.115. The van der Waals surface area contributed by atoms with Crippen LogP contribution in [0, 0.1) is 6.92 Å². The van der Waals surface area contributed by atoms with E-state index in [1.807, 2.05) is 6.92 Å². The van der Waals surface area contributed by atoms with E-state index in [0.29, 0.717) is 11.1 Å². The number of aromatic nitrogens is 1. The summed E-state index contributed by atoms with van der Waals surface area (Å²) in [5.74, 6) is -0.195. The lowest BCUT2D eigenvalue weighted by Crippen LogP contribution is -2.04. The number of anilines is 1. The van der Waals surface area contributed by atoms with E-state index in [9.17, 15) is 13.6 Å². The zero-order chi connectivity index (χ0) is 15.9. The average Bonchev–Trinajstić information content (AvgIpc) is 2.79. The first kappa shape index (κ1) is 14.7. The van der Waals surface area contributed by atoms with Gasteiger partial charge in [-0.1, -0.05) is 11.6 Å². The number of hydrogen-bond donors (Lipinski definition) is 1. The number of carbonyl (C=O) groups excluding carboxylic acids is 1. The van der Waals surface area contributed by atoms with Gasteiger partial charge >= 0.3 is 6.61 Å². The molecule has 4 nitrogen and oxygen atoms in total. The van der Waals surface area contributed by atoms with Crippen LogP contribution in [0.25, 0.3) is 11.1 Å². The maximum absolute atomic E-state index is 12.6. The summed E-state index contributed by atoms with van der Waals surface area (Å²) in [6, 6.07) is 3.52. The predicted octanol–water partition coefficient (Wildman–Crippen LogP) is 3.81. The number of pyridine rings is 1. The SMILES string of the molecule is Cc1cc(-c2c(Cl)cncc2OC(F)F)cc2c1NC(=O)C2. The third-order valence-electron chi connectivity index (χ3n) is 3.40. The summed E-state index contributed by atoms with van der Waals surface area (Å²) in [6.07, 6.45) is 2.80. The van der Waals surface area contributed by atoms with E-state index < -0.39 is 6.61 Å². The van der Waals surface area contributed by atoms with Crippen LogP contribution >= 0.6 is 11.6 Å². The van der Waals surface area contributed by atoms with E-state index in [2.05, 4.69) is 15.0 Å². The number of benzene rings is 1. The van der Waals surface area contributed by atoms with Crippen LogP contribution in [-0.4, -0.2) is 17.5 Å². The summed E-state index contributed by atoms with van der Waals surface area (Å²) in [6.45, 7) is -1.14. The molecule has 2 aromatic rings. The third kappa shape index (κ3) is 2.62. The molecule has 0 atom stereocenters. The summed E-state index contributed by atoms with van der Waals surface area (Å²) in [5.41, 5.74) is 3.33. The molecular weight excluding hydrogens is 314 g/mol. The minimum atomic E-state index is -2.97. The molecule has 0 saturated heterocycles. The van der Waals surface area contributed by atoms with Gasteiger partial charge in [-0.3, -0.25) is 9.78 Å². The second kappa shape index (κ2) is 5.53. The Morgan fingerprint density at radius 2 is 2.14 bits per heavy atom. The predicted molar refractivity (Wildman–Crippen MR) is 78.4 cm³/mol. The van der Waals surface area contributed by atoms with Gasteiger partial charge in [0.2, 0.25) is 5.91 Å². The summed E-state index contributed by atoms with van der Waals surface area (Å²) in [5, 5.41) is 2.97. The lowest BCUT2D eigenvalue weighted by atomic mass is 9.98. The van der Waals surface area contributed by atoms with Crippen molar-refractivity contribution in [3.63, 3.8) is 0 Å². The molecule has 0 bridgehead atoms. The molecular formula is C15H11ClF2N2O2. The zero-order valence-corrected chi connectivity index (χ0v) is 12.2. The van der Waals surface area contributed by atoms with E-state index in [-0.39, 0.29) is 23.1 Å². The number of carbonyl (C=O) groups is 1. The Morgan fingerprint density at radius 3 is 2.86 bits per heavy atom. The van der Waals surface area contributed by atoms with Crippen LogP contribution in [0.2, 0.25) is 5.02 Å². The fourth-order valence-corrected chi connectivity index (χ4v) is 2.82. The van der Waals surface area contributed by atoms with Gasteiger partial charge in [-0.15, -0.1) is 0 Å². The van der Waals surface area contributed by atoms with Crippen molar-refractivity contribution in [3.8, 4) is 16.9 Å². The van der Waals surface area contributed by atoms with E-state index in [1.165, 1.54) is 12.4 Å². The molecule has 1 N–H and O–H groups in total. The Balaban J connectivity index is 2.15. The fraction of sp³-hybridized carbons (Fsp3) is 0.200. The van der Waals surface area contributed by atoms with Gasteiger partial charge in [0.05, 0.1) is 17.6 Å². The molecule has 0 unspecified atom stereocenters. The Kier molecular flexibility index (Phi) is 3.70. The molecule has 114 valence electrons. The molecule has 1 aromatic carbocycles. The van der Waals surface area contributed by atoms with Crippen LogP contribution in [0.4, 0.5) is 14.5 Å². The number of nitrogens with zero attached hydrogens (tertiary/aromatic N) is 1. The van der Waals surface area contributed by atoms with Crippen LogP contribution < -0.4 is 10.1 Å². The highest BCUT2D eigenvalue weighted by Crippen LogP contribution is 2.40. The molecule has 0 spiro atoms. The maximum atomic E-state index is 12.6. The smallest absolute Gasteiger partial charge is 0.387 e. The summed E-state index contributed by atoms with van der Waals surface area (Å²) < 4.78 is 29.6. The van der Waals surface area contributed by atoms with E-state index >= 15 is 0 Å². The minimum absolute atomic E-state index is 0.0971. The molecule has 1 aliphatic heterocycles. The lowest BCUT2D eigenvalue weighted by Gasteiger charge is -2.14. The monoisotopic (exact) mass is 324 g/mol. The quantitative estimate of drug-likeness (QED) is 0.934. The first-order chi connectivity index (χ1) is 10.5. The van der Waals surface area contributed by atoms with Crippen molar-refractivity contribution in [3.05, 3.63) is 40.7 Å². The van der Waals surface area contributed by atoms with E-state index in [0.717, 1.165) is 16.8 Å². The molecule has 0 fully saturated rings. The van der Waals surface area contributed by atoms with Crippen molar-refractivity contribution >= 4 is 23.2 Å².